The molecule has 1 aliphatic carbocycles. The number of thioether (sulfide) groups is 1. The first-order valence-corrected chi connectivity index (χ1v) is 12.6. The number of para-hydroxylation sites is 2. The van der Waals surface area contributed by atoms with Crippen molar-refractivity contribution in [3.8, 4) is 11.5 Å². The van der Waals surface area contributed by atoms with Crippen molar-refractivity contribution in [1.29, 1.82) is 0 Å². The monoisotopic (exact) mass is 486 g/mol. The van der Waals surface area contributed by atoms with Crippen LogP contribution in [-0.2, 0) is 28.2 Å². The van der Waals surface area contributed by atoms with Gasteiger partial charge in [0, 0.05) is 17.1 Å². The topological polar surface area (TPSA) is 122 Å². The van der Waals surface area contributed by atoms with Crippen LogP contribution in [0.4, 0.5) is 0 Å². The van der Waals surface area contributed by atoms with Crippen molar-refractivity contribution in [2.75, 3.05) is 12.4 Å². The van der Waals surface area contributed by atoms with Gasteiger partial charge in [-0.05, 0) is 37.0 Å². The molecule has 2 aromatic heterocycles. The zero-order valence-electron chi connectivity index (χ0n) is 17.6. The van der Waals surface area contributed by atoms with Crippen molar-refractivity contribution in [3.05, 3.63) is 50.9 Å². The molecular weight excluding hydrogens is 464 g/mol. The second-order valence-electron chi connectivity index (χ2n) is 7.75. The van der Waals surface area contributed by atoms with Crippen molar-refractivity contribution in [3.63, 3.8) is 0 Å². The summed E-state index contributed by atoms with van der Waals surface area (Å²) in [4.78, 5) is 46.4. The number of ether oxygens (including phenoxy) is 2. The molecule has 1 aliphatic heterocycles. The van der Waals surface area contributed by atoms with Crippen molar-refractivity contribution < 1.29 is 19.1 Å². The van der Waals surface area contributed by atoms with E-state index in [0.29, 0.717) is 28.8 Å². The maximum Gasteiger partial charge on any atom is 0.283 e. The Morgan fingerprint density at radius 1 is 1.21 bits per heavy atom. The zero-order chi connectivity index (χ0) is 22.8. The fraction of sp³-hybridized carbons (Fsp3) is 0.364. The number of amides is 2. The standard InChI is InChI=1S/C22H22N4O5S2/c27-18(25-26-20(28)15-10-30-13-5-1-2-6-14(13)31-15)8-9-32-11-17-23-21(29)19-12-4-3-7-16(12)33-22(19)24-17/h1-2,5-6,15H,3-4,7-11H2,(H,25,27)(H,26,28)(H,23,24,29)/t15-/m0/s1. The Kier molecular flexibility index (Phi) is 6.23. The number of aromatic amines is 1. The highest BCUT2D eigenvalue weighted by molar-refractivity contribution is 7.98. The molecule has 0 radical (unpaired) electrons. The van der Waals surface area contributed by atoms with Gasteiger partial charge in [-0.2, -0.15) is 11.8 Å². The summed E-state index contributed by atoms with van der Waals surface area (Å²) in [6.45, 7) is 0.0668. The Hall–Kier alpha value is -3.05. The number of fused-ring (bicyclic) bond motifs is 4. The first kappa shape index (κ1) is 21.8. The molecule has 0 saturated heterocycles. The van der Waals surface area contributed by atoms with Gasteiger partial charge in [-0.1, -0.05) is 12.1 Å². The molecule has 3 heterocycles. The van der Waals surface area contributed by atoms with Gasteiger partial charge in [-0.3, -0.25) is 25.2 Å². The normalized spacial score (nSPS) is 16.4. The average molecular weight is 487 g/mol. The van der Waals surface area contributed by atoms with Crippen LogP contribution in [0.5, 0.6) is 11.5 Å². The lowest BCUT2D eigenvalue weighted by molar-refractivity contribution is -0.135. The van der Waals surface area contributed by atoms with Gasteiger partial charge in [0.25, 0.3) is 11.5 Å². The summed E-state index contributed by atoms with van der Waals surface area (Å²) in [7, 11) is 0. The third kappa shape index (κ3) is 4.69. The van der Waals surface area contributed by atoms with Crippen LogP contribution in [0, 0.1) is 0 Å². The quantitative estimate of drug-likeness (QED) is 0.360. The van der Waals surface area contributed by atoms with E-state index in [-0.39, 0.29) is 24.5 Å². The molecule has 0 spiro atoms. The molecule has 3 aromatic rings. The summed E-state index contributed by atoms with van der Waals surface area (Å²) in [5.74, 6) is 1.90. The molecule has 2 amide bonds. The van der Waals surface area contributed by atoms with Crippen molar-refractivity contribution in [1.82, 2.24) is 20.8 Å². The number of hydrazine groups is 1. The van der Waals surface area contributed by atoms with Crippen LogP contribution in [0.2, 0.25) is 0 Å². The number of aromatic nitrogens is 2. The molecule has 11 heteroatoms. The van der Waals surface area contributed by atoms with Gasteiger partial charge in [-0.25, -0.2) is 4.98 Å². The molecule has 5 rings (SSSR count). The molecule has 0 unspecified atom stereocenters. The first-order chi connectivity index (χ1) is 16.1. The molecule has 0 fully saturated rings. The summed E-state index contributed by atoms with van der Waals surface area (Å²) in [6, 6.07) is 7.09. The SMILES string of the molecule is O=C(CCSCc1nc2sc3c(c2c(=O)[nH]1)CCC3)NNC(=O)[C@@H]1COc2ccccc2O1. The van der Waals surface area contributed by atoms with E-state index in [0.717, 1.165) is 35.0 Å². The van der Waals surface area contributed by atoms with Crippen LogP contribution in [0.3, 0.4) is 0 Å². The van der Waals surface area contributed by atoms with Crippen LogP contribution in [0.25, 0.3) is 10.2 Å². The smallest absolute Gasteiger partial charge is 0.283 e. The second kappa shape index (κ2) is 9.44. The molecule has 0 saturated carbocycles. The van der Waals surface area contributed by atoms with Gasteiger partial charge in [0.15, 0.2) is 11.5 Å². The predicted molar refractivity (Wildman–Crippen MR) is 126 cm³/mol. The van der Waals surface area contributed by atoms with E-state index < -0.39 is 12.0 Å². The lowest BCUT2D eigenvalue weighted by Crippen LogP contribution is -2.50. The van der Waals surface area contributed by atoms with Crippen LogP contribution in [-0.4, -0.2) is 40.2 Å². The summed E-state index contributed by atoms with van der Waals surface area (Å²) >= 11 is 3.10. The van der Waals surface area contributed by atoms with Crippen LogP contribution in [0.15, 0.2) is 29.1 Å². The second-order valence-corrected chi connectivity index (χ2v) is 9.94. The highest BCUT2D eigenvalue weighted by Gasteiger charge is 2.27. The fourth-order valence-corrected chi connectivity index (χ4v) is 5.96. The Bertz CT molecular complexity index is 1270. The maximum atomic E-state index is 12.5. The summed E-state index contributed by atoms with van der Waals surface area (Å²) in [6.07, 6.45) is 2.44. The number of H-pyrrole nitrogens is 1. The third-order valence-corrected chi connectivity index (χ3v) is 7.62. The minimum Gasteiger partial charge on any atom is -0.485 e. The third-order valence-electron chi connectivity index (χ3n) is 5.46. The first-order valence-electron chi connectivity index (χ1n) is 10.7. The largest absolute Gasteiger partial charge is 0.485 e. The Balaban J connectivity index is 1.05. The van der Waals surface area contributed by atoms with Gasteiger partial charge >= 0.3 is 0 Å². The van der Waals surface area contributed by atoms with Crippen LogP contribution >= 0.6 is 23.1 Å². The van der Waals surface area contributed by atoms with E-state index in [4.69, 9.17) is 9.47 Å². The van der Waals surface area contributed by atoms with Gasteiger partial charge in [0.05, 0.1) is 11.1 Å². The van der Waals surface area contributed by atoms with E-state index in [9.17, 15) is 14.4 Å². The number of carbonyl (C=O) groups excluding carboxylic acids is 2. The Morgan fingerprint density at radius 3 is 2.94 bits per heavy atom. The number of hydrogen-bond donors (Lipinski definition) is 3. The molecule has 0 bridgehead atoms. The van der Waals surface area contributed by atoms with Gasteiger partial charge in [0.2, 0.25) is 12.0 Å². The van der Waals surface area contributed by atoms with Gasteiger partial charge in [0.1, 0.15) is 17.3 Å². The maximum absolute atomic E-state index is 12.5. The Morgan fingerprint density at radius 2 is 2.06 bits per heavy atom. The van der Waals surface area contributed by atoms with E-state index in [1.54, 1.807) is 29.5 Å². The number of carbonyl (C=O) groups is 2. The zero-order valence-corrected chi connectivity index (χ0v) is 19.3. The number of thiophene rings is 1. The summed E-state index contributed by atoms with van der Waals surface area (Å²) in [5, 5.41) is 0.743. The molecular formula is C22H22N4O5S2. The number of nitrogens with one attached hydrogen (secondary N) is 3. The fourth-order valence-electron chi connectivity index (χ4n) is 3.87. The molecule has 172 valence electrons. The van der Waals surface area contributed by atoms with Crippen LogP contribution < -0.4 is 25.9 Å². The van der Waals surface area contributed by atoms with E-state index in [1.165, 1.54) is 16.6 Å². The van der Waals surface area contributed by atoms with E-state index >= 15 is 0 Å². The van der Waals surface area contributed by atoms with Crippen molar-refractivity contribution in [2.24, 2.45) is 0 Å². The molecule has 3 N–H and O–H groups in total. The van der Waals surface area contributed by atoms with Gasteiger partial charge in [-0.15, -0.1) is 11.3 Å². The van der Waals surface area contributed by atoms with Gasteiger partial charge < -0.3 is 14.5 Å². The van der Waals surface area contributed by atoms with Crippen molar-refractivity contribution >= 4 is 45.1 Å². The average Bonchev–Trinajstić information content (AvgIpc) is 3.41. The molecule has 1 aromatic carbocycles. The van der Waals surface area contributed by atoms with Crippen molar-refractivity contribution in [2.45, 2.75) is 37.5 Å². The highest BCUT2D eigenvalue weighted by atomic mass is 32.2. The predicted octanol–water partition coefficient (Wildman–Crippen LogP) is 2.08. The lowest BCUT2D eigenvalue weighted by Gasteiger charge is -2.25. The minimum absolute atomic E-state index is 0.0668. The molecule has 2 aliphatic rings. The van der Waals surface area contributed by atoms with Crippen LogP contribution in [0.1, 0.15) is 29.1 Å². The lowest BCUT2D eigenvalue weighted by atomic mass is 10.2. The number of hydrogen-bond acceptors (Lipinski definition) is 8. The van der Waals surface area contributed by atoms with E-state index in [1.807, 2.05) is 6.07 Å². The molecule has 9 nitrogen and oxygen atoms in total. The number of benzene rings is 1. The number of aryl methyl sites for hydroxylation is 2. The highest BCUT2D eigenvalue weighted by Crippen LogP contribution is 2.34. The number of rotatable bonds is 6. The summed E-state index contributed by atoms with van der Waals surface area (Å²) < 4.78 is 11.1. The Labute approximate surface area is 197 Å². The minimum atomic E-state index is -0.842. The number of nitrogens with zero attached hydrogens (tertiary/aromatic N) is 1. The molecule has 33 heavy (non-hydrogen) atoms. The molecule has 1 atom stereocenters. The summed E-state index contributed by atoms with van der Waals surface area (Å²) in [5.41, 5.74) is 5.86. The van der Waals surface area contributed by atoms with E-state index in [2.05, 4.69) is 20.8 Å².